The summed E-state index contributed by atoms with van der Waals surface area (Å²) in [5.74, 6) is -0.609. The number of thioether (sulfide) groups is 1. The largest absolute Gasteiger partial charge is 0.248 e. The Bertz CT molecular complexity index is 935. The molecule has 0 aliphatic rings. The maximum atomic E-state index is 14.2. The minimum Gasteiger partial charge on any atom is -0.248 e. The van der Waals surface area contributed by atoms with Crippen LogP contribution in [-0.2, 0) is 0 Å². The quantitative estimate of drug-likeness (QED) is 0.309. The molecule has 0 saturated carbocycles. The van der Waals surface area contributed by atoms with Gasteiger partial charge in [-0.1, -0.05) is 39.8 Å². The Kier molecular flexibility index (Phi) is 6.36. The molecule has 5 heteroatoms. The predicted molar refractivity (Wildman–Crippen MR) is 108 cm³/mol. The van der Waals surface area contributed by atoms with Crippen molar-refractivity contribution in [1.82, 2.24) is 0 Å². The van der Waals surface area contributed by atoms with E-state index in [9.17, 15) is 8.78 Å². The van der Waals surface area contributed by atoms with Crippen LogP contribution in [-0.4, -0.2) is 5.71 Å². The first-order valence-corrected chi connectivity index (χ1v) is 9.47. The standard InChI is InChI=1S/C21H14BrF2NS/c22-15-5-9-17(10-6-15)25-21(19-3-1-2-4-20(19)24)13-14-26-18-11-7-16(23)8-12-18/h1-14H. The van der Waals surface area contributed by atoms with Crippen molar-refractivity contribution in [2.45, 2.75) is 4.90 Å². The van der Waals surface area contributed by atoms with Crippen molar-refractivity contribution in [3.05, 3.63) is 106 Å². The van der Waals surface area contributed by atoms with Crippen molar-refractivity contribution in [3.8, 4) is 0 Å². The maximum absolute atomic E-state index is 14.2. The minimum absolute atomic E-state index is 0.276. The molecule has 0 N–H and O–H groups in total. The minimum atomic E-state index is -0.334. The second kappa shape index (κ2) is 8.92. The summed E-state index contributed by atoms with van der Waals surface area (Å²) < 4.78 is 28.2. The molecule has 0 radical (unpaired) electrons. The van der Waals surface area contributed by atoms with Crippen LogP contribution < -0.4 is 0 Å². The Morgan fingerprint density at radius 1 is 0.885 bits per heavy atom. The lowest BCUT2D eigenvalue weighted by Crippen LogP contribution is -1.99. The van der Waals surface area contributed by atoms with E-state index < -0.39 is 0 Å². The molecule has 0 heterocycles. The van der Waals surface area contributed by atoms with Gasteiger partial charge in [-0.3, -0.25) is 0 Å². The van der Waals surface area contributed by atoms with E-state index in [2.05, 4.69) is 20.9 Å². The van der Waals surface area contributed by atoms with E-state index in [0.29, 0.717) is 11.3 Å². The molecule has 0 aliphatic carbocycles. The highest BCUT2D eigenvalue weighted by Crippen LogP contribution is 2.22. The van der Waals surface area contributed by atoms with Crippen LogP contribution in [0.2, 0.25) is 0 Å². The lowest BCUT2D eigenvalue weighted by Gasteiger charge is -2.04. The Labute approximate surface area is 163 Å². The summed E-state index contributed by atoms with van der Waals surface area (Å²) in [6.45, 7) is 0. The molecule has 26 heavy (non-hydrogen) atoms. The second-order valence-corrected chi connectivity index (χ2v) is 7.22. The summed E-state index contributed by atoms with van der Waals surface area (Å²) in [6.07, 6.45) is 1.76. The Hall–Kier alpha value is -2.24. The summed E-state index contributed by atoms with van der Waals surface area (Å²) in [5, 5.41) is 1.82. The predicted octanol–water partition coefficient (Wildman–Crippen LogP) is 7.15. The van der Waals surface area contributed by atoms with E-state index in [-0.39, 0.29) is 11.6 Å². The third-order valence-electron chi connectivity index (χ3n) is 3.47. The van der Waals surface area contributed by atoms with Gasteiger partial charge in [0.05, 0.1) is 11.4 Å². The Balaban J connectivity index is 1.90. The summed E-state index contributed by atoms with van der Waals surface area (Å²) in [4.78, 5) is 5.46. The van der Waals surface area contributed by atoms with Crippen molar-refractivity contribution < 1.29 is 8.78 Å². The monoisotopic (exact) mass is 429 g/mol. The molecule has 0 atom stereocenters. The van der Waals surface area contributed by atoms with Crippen LogP contribution in [0.25, 0.3) is 0 Å². The fourth-order valence-electron chi connectivity index (χ4n) is 2.20. The fourth-order valence-corrected chi connectivity index (χ4v) is 3.11. The maximum Gasteiger partial charge on any atom is 0.132 e. The molecule has 0 bridgehead atoms. The third kappa shape index (κ3) is 5.13. The van der Waals surface area contributed by atoms with Crippen LogP contribution in [0.5, 0.6) is 0 Å². The van der Waals surface area contributed by atoms with Gasteiger partial charge in [0.15, 0.2) is 0 Å². The molecule has 0 saturated heterocycles. The SMILES string of the molecule is Fc1ccc(SC=CC(=Nc2ccc(Br)cc2)c2ccccc2F)cc1. The van der Waals surface area contributed by atoms with Gasteiger partial charge in [-0.25, -0.2) is 13.8 Å². The Morgan fingerprint density at radius 2 is 1.58 bits per heavy atom. The van der Waals surface area contributed by atoms with E-state index >= 15 is 0 Å². The zero-order chi connectivity index (χ0) is 18.4. The topological polar surface area (TPSA) is 12.4 Å². The first-order valence-electron chi connectivity index (χ1n) is 7.80. The second-order valence-electron chi connectivity index (χ2n) is 5.33. The van der Waals surface area contributed by atoms with Gasteiger partial charge in [-0.15, -0.1) is 0 Å². The first kappa shape index (κ1) is 18.5. The van der Waals surface area contributed by atoms with Gasteiger partial charge in [0.1, 0.15) is 11.6 Å². The molecular formula is C21H14BrF2NS. The molecule has 130 valence electrons. The molecule has 0 aliphatic heterocycles. The van der Waals surface area contributed by atoms with E-state index in [1.807, 2.05) is 29.7 Å². The van der Waals surface area contributed by atoms with Crippen LogP contribution in [0.3, 0.4) is 0 Å². The highest BCUT2D eigenvalue weighted by atomic mass is 79.9. The Morgan fingerprint density at radius 3 is 2.27 bits per heavy atom. The number of allylic oxidation sites excluding steroid dienone is 1. The number of benzene rings is 3. The summed E-state index contributed by atoms with van der Waals surface area (Å²) in [7, 11) is 0. The average Bonchev–Trinajstić information content (AvgIpc) is 2.65. The molecule has 0 unspecified atom stereocenters. The van der Waals surface area contributed by atoms with Crippen LogP contribution in [0.4, 0.5) is 14.5 Å². The molecule has 3 aromatic rings. The van der Waals surface area contributed by atoms with Crippen LogP contribution in [0, 0.1) is 11.6 Å². The number of hydrogen-bond donors (Lipinski definition) is 0. The zero-order valence-corrected chi connectivity index (χ0v) is 16.0. The van der Waals surface area contributed by atoms with Gasteiger partial charge in [-0.05, 0) is 72.1 Å². The number of nitrogens with zero attached hydrogens (tertiary/aromatic N) is 1. The summed E-state index contributed by atoms with van der Waals surface area (Å²) in [6, 6.07) is 20.2. The molecule has 0 spiro atoms. The van der Waals surface area contributed by atoms with E-state index in [0.717, 1.165) is 15.1 Å². The number of hydrogen-bond acceptors (Lipinski definition) is 2. The van der Waals surface area contributed by atoms with Crippen molar-refractivity contribution in [1.29, 1.82) is 0 Å². The molecule has 3 rings (SSSR count). The zero-order valence-electron chi connectivity index (χ0n) is 13.6. The molecule has 0 fully saturated rings. The number of rotatable bonds is 5. The smallest absolute Gasteiger partial charge is 0.132 e. The molecular weight excluding hydrogens is 416 g/mol. The summed E-state index contributed by atoms with van der Waals surface area (Å²) in [5.41, 5.74) is 1.66. The lowest BCUT2D eigenvalue weighted by molar-refractivity contribution is 0.625. The summed E-state index contributed by atoms with van der Waals surface area (Å²) >= 11 is 4.80. The van der Waals surface area contributed by atoms with Gasteiger partial charge in [-0.2, -0.15) is 0 Å². The average molecular weight is 430 g/mol. The van der Waals surface area contributed by atoms with E-state index in [4.69, 9.17) is 0 Å². The molecule has 0 amide bonds. The normalized spacial score (nSPS) is 11.9. The van der Waals surface area contributed by atoms with Crippen molar-refractivity contribution >= 4 is 39.1 Å². The highest BCUT2D eigenvalue weighted by Gasteiger charge is 2.07. The van der Waals surface area contributed by atoms with Crippen molar-refractivity contribution in [3.63, 3.8) is 0 Å². The van der Waals surface area contributed by atoms with Gasteiger partial charge in [0.2, 0.25) is 0 Å². The highest BCUT2D eigenvalue weighted by molar-refractivity contribution is 9.10. The van der Waals surface area contributed by atoms with Crippen molar-refractivity contribution in [2.75, 3.05) is 0 Å². The lowest BCUT2D eigenvalue weighted by atomic mass is 10.1. The molecule has 0 aromatic heterocycles. The van der Waals surface area contributed by atoms with Gasteiger partial charge < -0.3 is 0 Å². The first-order chi connectivity index (χ1) is 12.6. The van der Waals surface area contributed by atoms with Crippen LogP contribution in [0.1, 0.15) is 5.56 Å². The van der Waals surface area contributed by atoms with E-state index in [1.54, 1.807) is 36.4 Å². The van der Waals surface area contributed by atoms with Gasteiger partial charge in [0, 0.05) is 14.9 Å². The van der Waals surface area contributed by atoms with Crippen LogP contribution >= 0.6 is 27.7 Å². The molecule has 1 nitrogen and oxygen atoms in total. The fraction of sp³-hybridized carbons (Fsp3) is 0. The van der Waals surface area contributed by atoms with Crippen LogP contribution in [0.15, 0.2) is 98.6 Å². The van der Waals surface area contributed by atoms with E-state index in [1.165, 1.54) is 30.0 Å². The third-order valence-corrected chi connectivity index (χ3v) is 4.81. The number of aliphatic imine (C=N–C) groups is 1. The molecule has 3 aromatic carbocycles. The van der Waals surface area contributed by atoms with Gasteiger partial charge >= 0.3 is 0 Å². The number of halogens is 3. The van der Waals surface area contributed by atoms with Gasteiger partial charge in [0.25, 0.3) is 0 Å². The van der Waals surface area contributed by atoms with Crippen molar-refractivity contribution in [2.24, 2.45) is 4.99 Å².